The standard InChI is InChI=1S/C21H23N5OS/c1-13-16(4-8-21(2,3)27)28-18-17(13)25-19(14-5-9-22-10-6-14)26-20(18)24-15-7-11-23-12-15/h5-6,9-10,15,23,27H,7,11-12H2,1-3H3,(H,24,25,26). The molecule has 0 aromatic carbocycles. The Kier molecular flexibility index (Phi) is 5.02. The summed E-state index contributed by atoms with van der Waals surface area (Å²) in [5.41, 5.74) is 1.81. The van der Waals surface area contributed by atoms with Crippen molar-refractivity contribution in [3.05, 3.63) is 35.0 Å². The van der Waals surface area contributed by atoms with E-state index in [9.17, 15) is 5.11 Å². The molecule has 0 aliphatic carbocycles. The molecule has 4 heterocycles. The zero-order valence-electron chi connectivity index (χ0n) is 16.2. The fourth-order valence-corrected chi connectivity index (χ4v) is 4.17. The second-order valence-electron chi connectivity index (χ2n) is 7.51. The Morgan fingerprint density at radius 2 is 2.07 bits per heavy atom. The van der Waals surface area contributed by atoms with Crippen LogP contribution in [0.5, 0.6) is 0 Å². The summed E-state index contributed by atoms with van der Waals surface area (Å²) in [7, 11) is 0. The van der Waals surface area contributed by atoms with Gasteiger partial charge in [0.2, 0.25) is 0 Å². The molecular formula is C21H23N5OS. The number of hydrogen-bond acceptors (Lipinski definition) is 7. The van der Waals surface area contributed by atoms with E-state index in [1.54, 1.807) is 37.6 Å². The molecular weight excluding hydrogens is 370 g/mol. The van der Waals surface area contributed by atoms with E-state index in [0.717, 1.165) is 51.5 Å². The highest BCUT2D eigenvalue weighted by atomic mass is 32.1. The lowest BCUT2D eigenvalue weighted by Gasteiger charge is -2.13. The summed E-state index contributed by atoms with van der Waals surface area (Å²) in [4.78, 5) is 14.7. The SMILES string of the molecule is Cc1c(C#CC(C)(C)O)sc2c(NC3CCNC3)nc(-c3ccncc3)nc12. The van der Waals surface area contributed by atoms with Crippen LogP contribution in [0.25, 0.3) is 21.6 Å². The van der Waals surface area contributed by atoms with Crippen molar-refractivity contribution in [1.29, 1.82) is 0 Å². The van der Waals surface area contributed by atoms with Crippen LogP contribution < -0.4 is 10.6 Å². The first-order valence-corrected chi connectivity index (χ1v) is 10.2. The van der Waals surface area contributed by atoms with Crippen LogP contribution in [0.3, 0.4) is 0 Å². The van der Waals surface area contributed by atoms with Crippen LogP contribution in [-0.2, 0) is 0 Å². The van der Waals surface area contributed by atoms with Gasteiger partial charge in [-0.2, -0.15) is 0 Å². The van der Waals surface area contributed by atoms with Crippen molar-refractivity contribution < 1.29 is 5.11 Å². The molecule has 1 saturated heterocycles. The van der Waals surface area contributed by atoms with Gasteiger partial charge in [-0.3, -0.25) is 4.98 Å². The zero-order chi connectivity index (χ0) is 19.7. The number of hydrogen-bond donors (Lipinski definition) is 3. The third-order valence-electron chi connectivity index (χ3n) is 4.59. The summed E-state index contributed by atoms with van der Waals surface area (Å²) in [5.74, 6) is 7.55. The maximum Gasteiger partial charge on any atom is 0.162 e. The molecule has 1 fully saturated rings. The molecule has 28 heavy (non-hydrogen) atoms. The van der Waals surface area contributed by atoms with Gasteiger partial charge in [-0.15, -0.1) is 11.3 Å². The van der Waals surface area contributed by atoms with Crippen LogP contribution in [0, 0.1) is 18.8 Å². The molecule has 6 nitrogen and oxygen atoms in total. The number of pyridine rings is 1. The molecule has 3 N–H and O–H groups in total. The van der Waals surface area contributed by atoms with Gasteiger partial charge in [0.25, 0.3) is 0 Å². The molecule has 4 rings (SSSR count). The minimum absolute atomic E-state index is 0.344. The molecule has 1 aliphatic heterocycles. The number of fused-ring (bicyclic) bond motifs is 1. The third-order valence-corrected chi connectivity index (χ3v) is 5.79. The number of nitrogens with one attached hydrogen (secondary N) is 2. The van der Waals surface area contributed by atoms with Gasteiger partial charge >= 0.3 is 0 Å². The van der Waals surface area contributed by atoms with Crippen LogP contribution in [0.2, 0.25) is 0 Å². The minimum Gasteiger partial charge on any atom is -0.378 e. The molecule has 1 aliphatic rings. The monoisotopic (exact) mass is 393 g/mol. The Morgan fingerprint density at radius 1 is 1.29 bits per heavy atom. The fourth-order valence-electron chi connectivity index (χ4n) is 3.12. The highest BCUT2D eigenvalue weighted by Gasteiger charge is 2.20. The van der Waals surface area contributed by atoms with Crippen molar-refractivity contribution in [3.8, 4) is 23.2 Å². The van der Waals surface area contributed by atoms with Crippen molar-refractivity contribution >= 4 is 27.4 Å². The summed E-state index contributed by atoms with van der Waals surface area (Å²) in [6, 6.07) is 4.18. The van der Waals surface area contributed by atoms with Gasteiger partial charge in [-0.05, 0) is 45.9 Å². The molecule has 7 heteroatoms. The first-order valence-electron chi connectivity index (χ1n) is 9.35. The lowest BCUT2D eigenvalue weighted by atomic mass is 10.1. The molecule has 3 aromatic rings. The average Bonchev–Trinajstić information content (AvgIpc) is 3.29. The van der Waals surface area contributed by atoms with Crippen molar-refractivity contribution in [2.24, 2.45) is 0 Å². The summed E-state index contributed by atoms with van der Waals surface area (Å²) < 4.78 is 1.00. The number of rotatable bonds is 3. The highest BCUT2D eigenvalue weighted by Crippen LogP contribution is 2.35. The Morgan fingerprint density at radius 3 is 2.75 bits per heavy atom. The molecule has 0 bridgehead atoms. The van der Waals surface area contributed by atoms with E-state index in [1.807, 2.05) is 19.1 Å². The first kappa shape index (κ1) is 18.8. The number of aryl methyl sites for hydroxylation is 1. The normalized spacial score (nSPS) is 16.8. The Labute approximate surface area is 168 Å². The van der Waals surface area contributed by atoms with Crippen molar-refractivity contribution in [2.45, 2.75) is 38.8 Å². The van der Waals surface area contributed by atoms with Crippen LogP contribution in [-0.4, -0.2) is 44.8 Å². The predicted molar refractivity (Wildman–Crippen MR) is 113 cm³/mol. The molecule has 0 saturated carbocycles. The zero-order valence-corrected chi connectivity index (χ0v) is 17.0. The number of nitrogens with zero attached hydrogens (tertiary/aromatic N) is 3. The average molecular weight is 394 g/mol. The second-order valence-corrected chi connectivity index (χ2v) is 8.53. The van der Waals surface area contributed by atoms with Gasteiger partial charge in [0, 0.05) is 36.1 Å². The molecule has 0 amide bonds. The van der Waals surface area contributed by atoms with Gasteiger partial charge in [-0.1, -0.05) is 11.8 Å². The summed E-state index contributed by atoms with van der Waals surface area (Å²) >= 11 is 1.57. The van der Waals surface area contributed by atoms with E-state index in [4.69, 9.17) is 9.97 Å². The lowest BCUT2D eigenvalue weighted by molar-refractivity contribution is 0.143. The van der Waals surface area contributed by atoms with E-state index in [2.05, 4.69) is 27.5 Å². The van der Waals surface area contributed by atoms with E-state index in [1.165, 1.54) is 0 Å². The largest absolute Gasteiger partial charge is 0.378 e. The maximum atomic E-state index is 9.96. The quantitative estimate of drug-likeness (QED) is 0.594. The number of anilines is 1. The molecule has 144 valence electrons. The lowest BCUT2D eigenvalue weighted by Crippen LogP contribution is -2.22. The number of aromatic nitrogens is 3. The van der Waals surface area contributed by atoms with Crippen LogP contribution in [0.4, 0.5) is 5.82 Å². The van der Waals surface area contributed by atoms with Gasteiger partial charge in [0.15, 0.2) is 5.82 Å². The topological polar surface area (TPSA) is 83.0 Å². The van der Waals surface area contributed by atoms with Gasteiger partial charge in [0.1, 0.15) is 11.4 Å². The minimum atomic E-state index is -1.03. The highest BCUT2D eigenvalue weighted by molar-refractivity contribution is 7.20. The maximum absolute atomic E-state index is 9.96. The van der Waals surface area contributed by atoms with Crippen LogP contribution in [0.15, 0.2) is 24.5 Å². The van der Waals surface area contributed by atoms with Crippen LogP contribution >= 0.6 is 11.3 Å². The Balaban J connectivity index is 1.86. The Bertz CT molecular complexity index is 1050. The smallest absolute Gasteiger partial charge is 0.162 e. The number of thiophene rings is 1. The summed E-state index contributed by atoms with van der Waals surface area (Å²) in [5, 5.41) is 16.9. The van der Waals surface area contributed by atoms with Gasteiger partial charge < -0.3 is 15.7 Å². The summed E-state index contributed by atoms with van der Waals surface area (Å²) in [6.07, 6.45) is 4.56. The van der Waals surface area contributed by atoms with Gasteiger partial charge in [-0.25, -0.2) is 9.97 Å². The van der Waals surface area contributed by atoms with E-state index < -0.39 is 5.60 Å². The predicted octanol–water partition coefficient (Wildman–Crippen LogP) is 2.96. The van der Waals surface area contributed by atoms with E-state index >= 15 is 0 Å². The van der Waals surface area contributed by atoms with Crippen molar-refractivity contribution in [1.82, 2.24) is 20.3 Å². The molecule has 0 spiro atoms. The van der Waals surface area contributed by atoms with Crippen LogP contribution in [0.1, 0.15) is 30.7 Å². The van der Waals surface area contributed by atoms with Crippen molar-refractivity contribution in [3.63, 3.8) is 0 Å². The summed E-state index contributed by atoms with van der Waals surface area (Å²) in [6.45, 7) is 7.33. The fraction of sp³-hybridized carbons (Fsp3) is 0.381. The third kappa shape index (κ3) is 3.99. The molecule has 1 atom stereocenters. The second kappa shape index (κ2) is 7.47. The molecule has 1 unspecified atom stereocenters. The first-order chi connectivity index (χ1) is 13.4. The Hall–Kier alpha value is -2.53. The molecule has 3 aromatic heterocycles. The van der Waals surface area contributed by atoms with Crippen molar-refractivity contribution in [2.75, 3.05) is 18.4 Å². The van der Waals surface area contributed by atoms with E-state index in [-0.39, 0.29) is 0 Å². The van der Waals surface area contributed by atoms with Gasteiger partial charge in [0.05, 0.1) is 15.1 Å². The van der Waals surface area contributed by atoms with E-state index in [0.29, 0.717) is 11.9 Å². The number of aliphatic hydroxyl groups is 1. The molecule has 0 radical (unpaired) electrons.